The molecule has 180 valence electrons. The third kappa shape index (κ3) is 4.49. The molecular weight excluding hydrogens is 443 g/mol. The molecule has 0 aromatic heterocycles. The number of hydrogen-bond acceptors (Lipinski definition) is 4. The maximum atomic E-state index is 13.4. The van der Waals surface area contributed by atoms with Crippen molar-refractivity contribution in [2.45, 2.75) is 25.9 Å². The smallest absolute Gasteiger partial charge is 0.384 e. The minimum atomic E-state index is -4.58. The normalized spacial score (nSPS) is 19.9. The van der Waals surface area contributed by atoms with Crippen molar-refractivity contribution in [3.05, 3.63) is 64.7 Å². The van der Waals surface area contributed by atoms with Crippen molar-refractivity contribution < 1.29 is 22.7 Å². The second-order valence-electron chi connectivity index (χ2n) is 9.34. The van der Waals surface area contributed by atoms with E-state index >= 15 is 0 Å². The van der Waals surface area contributed by atoms with E-state index in [-0.39, 0.29) is 22.8 Å². The van der Waals surface area contributed by atoms with Crippen LogP contribution < -0.4 is 4.90 Å². The molecule has 1 spiro atoms. The topological polar surface area (TPSA) is 56.6 Å². The molecule has 0 bridgehead atoms. The second-order valence-corrected chi connectivity index (χ2v) is 9.34. The second kappa shape index (κ2) is 9.30. The zero-order valence-corrected chi connectivity index (χ0v) is 19.4. The van der Waals surface area contributed by atoms with Crippen molar-refractivity contribution in [1.82, 2.24) is 4.90 Å². The maximum absolute atomic E-state index is 13.4. The largest absolute Gasteiger partial charge is 0.417 e. The number of ether oxygens (including phenoxy) is 1. The van der Waals surface area contributed by atoms with Gasteiger partial charge < -0.3 is 14.5 Å². The summed E-state index contributed by atoms with van der Waals surface area (Å²) in [6, 6.07) is 13.1. The molecular formula is C26H28F3N3O2. The van der Waals surface area contributed by atoms with E-state index in [1.807, 2.05) is 41.0 Å². The van der Waals surface area contributed by atoms with Crippen molar-refractivity contribution in [2.75, 3.05) is 44.8 Å². The molecule has 34 heavy (non-hydrogen) atoms. The van der Waals surface area contributed by atoms with Crippen LogP contribution >= 0.6 is 0 Å². The summed E-state index contributed by atoms with van der Waals surface area (Å²) in [7, 11) is 1.66. The van der Waals surface area contributed by atoms with Gasteiger partial charge in [0.2, 0.25) is 0 Å². The Labute approximate surface area is 197 Å². The molecule has 8 heteroatoms. The van der Waals surface area contributed by atoms with E-state index in [2.05, 4.69) is 0 Å². The highest BCUT2D eigenvalue weighted by atomic mass is 19.4. The number of alkyl halides is 3. The molecule has 2 saturated heterocycles. The Morgan fingerprint density at radius 1 is 1.21 bits per heavy atom. The van der Waals surface area contributed by atoms with Gasteiger partial charge >= 0.3 is 6.18 Å². The highest BCUT2D eigenvalue weighted by Crippen LogP contribution is 2.46. The standard InChI is InChI=1S/C26H28F3N3O2/c1-18-5-3-4-6-22(18)24(33)32-15-20(16-34-2)25(17-32)9-11-31(12-10-25)21-8-7-19(14-30)23(13-21)26(27,28)29/h3-8,13,20H,9-12,15-17H2,1-2H3. The molecule has 0 saturated carbocycles. The van der Waals surface area contributed by atoms with E-state index < -0.39 is 11.7 Å². The summed E-state index contributed by atoms with van der Waals surface area (Å²) in [4.78, 5) is 17.1. The van der Waals surface area contributed by atoms with Gasteiger partial charge in [-0.15, -0.1) is 0 Å². The molecule has 2 aliphatic rings. The number of anilines is 1. The van der Waals surface area contributed by atoms with Gasteiger partial charge in [-0.05, 0) is 55.0 Å². The monoisotopic (exact) mass is 471 g/mol. The van der Waals surface area contributed by atoms with Crippen LogP contribution in [0.25, 0.3) is 0 Å². The summed E-state index contributed by atoms with van der Waals surface area (Å²) in [5, 5.41) is 9.06. The summed E-state index contributed by atoms with van der Waals surface area (Å²) in [6.07, 6.45) is -3.08. The van der Waals surface area contributed by atoms with Gasteiger partial charge in [0.05, 0.1) is 23.8 Å². The van der Waals surface area contributed by atoms with Gasteiger partial charge in [-0.25, -0.2) is 0 Å². The van der Waals surface area contributed by atoms with Crippen molar-refractivity contribution in [2.24, 2.45) is 11.3 Å². The SMILES string of the molecule is COCC1CN(C(=O)c2ccccc2C)CC12CCN(c1ccc(C#N)c(C(F)(F)F)c1)CC2. The molecule has 2 aliphatic heterocycles. The number of halogens is 3. The Balaban J connectivity index is 1.52. The zero-order valence-electron chi connectivity index (χ0n) is 19.4. The Kier molecular flexibility index (Phi) is 6.59. The van der Waals surface area contributed by atoms with Crippen molar-refractivity contribution in [3.63, 3.8) is 0 Å². The predicted octanol–water partition coefficient (Wildman–Crippen LogP) is 4.89. The zero-order chi connectivity index (χ0) is 24.5. The molecule has 0 aliphatic carbocycles. The van der Waals surface area contributed by atoms with E-state index in [1.165, 1.54) is 6.07 Å². The molecule has 4 rings (SSSR count). The number of amides is 1. The summed E-state index contributed by atoms with van der Waals surface area (Å²) >= 11 is 0. The Morgan fingerprint density at radius 2 is 1.91 bits per heavy atom. The number of methoxy groups -OCH3 is 1. The van der Waals surface area contributed by atoms with Crippen LogP contribution in [0.2, 0.25) is 0 Å². The minimum Gasteiger partial charge on any atom is -0.384 e. The first-order chi connectivity index (χ1) is 16.2. The van der Waals surface area contributed by atoms with Crippen molar-refractivity contribution in [3.8, 4) is 6.07 Å². The van der Waals surface area contributed by atoms with Crippen LogP contribution in [0.1, 0.15) is 39.9 Å². The quantitative estimate of drug-likeness (QED) is 0.637. The van der Waals surface area contributed by atoms with Gasteiger partial charge in [-0.2, -0.15) is 18.4 Å². The van der Waals surface area contributed by atoms with Crippen LogP contribution in [0.15, 0.2) is 42.5 Å². The van der Waals surface area contributed by atoms with Gasteiger partial charge in [0.25, 0.3) is 5.91 Å². The van der Waals surface area contributed by atoms with Crippen LogP contribution in [-0.2, 0) is 10.9 Å². The van der Waals surface area contributed by atoms with Crippen LogP contribution in [0.4, 0.5) is 18.9 Å². The summed E-state index contributed by atoms with van der Waals surface area (Å²) in [5.41, 5.74) is 0.699. The van der Waals surface area contributed by atoms with Crippen molar-refractivity contribution in [1.29, 1.82) is 5.26 Å². The lowest BCUT2D eigenvalue weighted by atomic mass is 9.71. The van der Waals surface area contributed by atoms with Crippen LogP contribution in [0, 0.1) is 29.6 Å². The molecule has 2 aromatic rings. The molecule has 1 amide bonds. The highest BCUT2D eigenvalue weighted by molar-refractivity contribution is 5.95. The molecule has 1 unspecified atom stereocenters. The molecule has 1 atom stereocenters. The minimum absolute atomic E-state index is 0.0143. The number of piperidine rings is 1. The Bertz CT molecular complexity index is 1100. The highest BCUT2D eigenvalue weighted by Gasteiger charge is 2.49. The fourth-order valence-electron chi connectivity index (χ4n) is 5.44. The first kappa shape index (κ1) is 24.1. The molecule has 5 nitrogen and oxygen atoms in total. The van der Waals surface area contributed by atoms with E-state index in [4.69, 9.17) is 10.00 Å². The van der Waals surface area contributed by atoms with Gasteiger partial charge in [0.1, 0.15) is 0 Å². The Morgan fingerprint density at radius 3 is 2.53 bits per heavy atom. The number of nitriles is 1. The average Bonchev–Trinajstić information content (AvgIpc) is 3.16. The van der Waals surface area contributed by atoms with Crippen molar-refractivity contribution >= 4 is 11.6 Å². The first-order valence-electron chi connectivity index (χ1n) is 11.4. The maximum Gasteiger partial charge on any atom is 0.417 e. The lowest BCUT2D eigenvalue weighted by Gasteiger charge is -2.43. The lowest BCUT2D eigenvalue weighted by Crippen LogP contribution is -2.45. The summed E-state index contributed by atoms with van der Waals surface area (Å²) in [6.45, 7) is 4.84. The van der Waals surface area contributed by atoms with Crippen LogP contribution in [-0.4, -0.2) is 50.7 Å². The number of benzene rings is 2. The molecule has 2 aromatic carbocycles. The lowest BCUT2D eigenvalue weighted by molar-refractivity contribution is -0.137. The molecule has 0 N–H and O–H groups in total. The number of nitrogens with zero attached hydrogens (tertiary/aromatic N) is 3. The fraction of sp³-hybridized carbons (Fsp3) is 0.462. The van der Waals surface area contributed by atoms with Crippen LogP contribution in [0.3, 0.4) is 0 Å². The van der Waals surface area contributed by atoms with E-state index in [9.17, 15) is 18.0 Å². The summed E-state index contributed by atoms with van der Waals surface area (Å²) in [5.74, 6) is 0.180. The van der Waals surface area contributed by atoms with Gasteiger partial charge in [-0.1, -0.05) is 18.2 Å². The Hall–Kier alpha value is -3.05. The third-order valence-electron chi connectivity index (χ3n) is 7.40. The van der Waals surface area contributed by atoms with Gasteiger partial charge in [0.15, 0.2) is 0 Å². The number of hydrogen-bond donors (Lipinski definition) is 0. The number of rotatable bonds is 4. The molecule has 2 heterocycles. The number of likely N-dealkylation sites (tertiary alicyclic amines) is 1. The van der Waals surface area contributed by atoms with E-state index in [1.54, 1.807) is 19.2 Å². The van der Waals surface area contributed by atoms with Gasteiger partial charge in [-0.3, -0.25) is 4.79 Å². The van der Waals surface area contributed by atoms with Gasteiger partial charge in [0, 0.05) is 50.5 Å². The average molecular weight is 472 g/mol. The third-order valence-corrected chi connectivity index (χ3v) is 7.40. The predicted molar refractivity (Wildman–Crippen MR) is 122 cm³/mol. The number of aryl methyl sites for hydroxylation is 1. The van der Waals surface area contributed by atoms with Crippen LogP contribution in [0.5, 0.6) is 0 Å². The summed E-state index contributed by atoms with van der Waals surface area (Å²) < 4.78 is 45.8. The fourth-order valence-corrected chi connectivity index (χ4v) is 5.44. The molecule has 2 fully saturated rings. The molecule has 0 radical (unpaired) electrons. The van der Waals surface area contributed by atoms with E-state index in [0.29, 0.717) is 44.0 Å². The van der Waals surface area contributed by atoms with E-state index in [0.717, 1.165) is 24.5 Å². The number of carbonyl (C=O) groups excluding carboxylic acids is 1. The first-order valence-corrected chi connectivity index (χ1v) is 11.4. The number of carbonyl (C=O) groups is 1.